The zero-order valence-electron chi connectivity index (χ0n) is 18.6. The van der Waals surface area contributed by atoms with Gasteiger partial charge in [0, 0.05) is 57.2 Å². The first-order valence-electron chi connectivity index (χ1n) is 11.6. The van der Waals surface area contributed by atoms with Gasteiger partial charge in [-0.1, -0.05) is 12.8 Å². The van der Waals surface area contributed by atoms with Crippen molar-refractivity contribution in [3.63, 3.8) is 0 Å². The second kappa shape index (κ2) is 10.8. The monoisotopic (exact) mass is 534 g/mol. The summed E-state index contributed by atoms with van der Waals surface area (Å²) >= 11 is 0. The fourth-order valence-corrected chi connectivity index (χ4v) is 5.92. The number of amides is 1. The van der Waals surface area contributed by atoms with Crippen LogP contribution >= 0.6 is 24.0 Å². The summed E-state index contributed by atoms with van der Waals surface area (Å²) in [5.41, 5.74) is 0.302. The van der Waals surface area contributed by atoms with E-state index < -0.39 is 0 Å². The number of piperidine rings is 1. The number of aliphatic imine (C=N–C) groups is 1. The van der Waals surface area contributed by atoms with Crippen LogP contribution in [0.4, 0.5) is 0 Å². The number of likely N-dealkylation sites (tertiary alicyclic amines) is 1. The van der Waals surface area contributed by atoms with E-state index in [1.165, 1.54) is 25.7 Å². The SMILES string of the molecule is CCOC1CC(NC(=NC)N2CCC(C(=O)N3CCOCC3)CC2)C12CCCC2.I. The quantitative estimate of drug-likeness (QED) is 0.341. The zero-order chi connectivity index (χ0) is 20.3. The van der Waals surface area contributed by atoms with Gasteiger partial charge in [0.1, 0.15) is 0 Å². The van der Waals surface area contributed by atoms with Crippen LogP contribution in [0.15, 0.2) is 4.99 Å². The number of hydrogen-bond acceptors (Lipinski definition) is 4. The first-order valence-corrected chi connectivity index (χ1v) is 11.6. The molecule has 1 amide bonds. The number of carbonyl (C=O) groups excluding carboxylic acids is 1. The van der Waals surface area contributed by atoms with Gasteiger partial charge < -0.3 is 24.6 Å². The molecule has 30 heavy (non-hydrogen) atoms. The van der Waals surface area contributed by atoms with E-state index in [-0.39, 0.29) is 29.9 Å². The summed E-state index contributed by atoms with van der Waals surface area (Å²) < 4.78 is 11.4. The summed E-state index contributed by atoms with van der Waals surface area (Å²) in [4.78, 5) is 21.7. The third-order valence-corrected chi connectivity index (χ3v) is 7.67. The van der Waals surface area contributed by atoms with Crippen LogP contribution in [0.2, 0.25) is 0 Å². The molecule has 2 aliphatic heterocycles. The van der Waals surface area contributed by atoms with E-state index in [1.54, 1.807) is 0 Å². The highest BCUT2D eigenvalue weighted by molar-refractivity contribution is 14.0. The summed E-state index contributed by atoms with van der Waals surface area (Å²) in [5, 5.41) is 3.79. The lowest BCUT2D eigenvalue weighted by Crippen LogP contribution is -2.65. The number of carbonyl (C=O) groups is 1. The maximum atomic E-state index is 12.8. The fraction of sp³-hybridized carbons (Fsp3) is 0.909. The molecule has 2 heterocycles. The second-order valence-electron chi connectivity index (χ2n) is 9.06. The van der Waals surface area contributed by atoms with E-state index in [0.717, 1.165) is 58.0 Å². The molecule has 4 aliphatic rings. The number of nitrogens with one attached hydrogen (secondary N) is 1. The van der Waals surface area contributed by atoms with Crippen molar-refractivity contribution in [2.24, 2.45) is 16.3 Å². The Kier molecular flexibility index (Phi) is 8.66. The Morgan fingerprint density at radius 1 is 1.13 bits per heavy atom. The van der Waals surface area contributed by atoms with Gasteiger partial charge in [-0.05, 0) is 39.0 Å². The number of morpholine rings is 1. The molecule has 0 bridgehead atoms. The van der Waals surface area contributed by atoms with Crippen LogP contribution in [-0.2, 0) is 14.3 Å². The van der Waals surface area contributed by atoms with Gasteiger partial charge in [0.2, 0.25) is 5.91 Å². The minimum Gasteiger partial charge on any atom is -0.378 e. The van der Waals surface area contributed by atoms with E-state index in [4.69, 9.17) is 9.47 Å². The Morgan fingerprint density at radius 3 is 2.40 bits per heavy atom. The summed E-state index contributed by atoms with van der Waals surface area (Å²) in [6.07, 6.45) is 8.47. The molecule has 2 saturated heterocycles. The molecule has 1 N–H and O–H groups in total. The predicted octanol–water partition coefficient (Wildman–Crippen LogP) is 2.49. The Morgan fingerprint density at radius 2 is 1.80 bits per heavy atom. The molecular formula is C22H39IN4O3. The van der Waals surface area contributed by atoms with Crippen LogP contribution in [0.1, 0.15) is 51.9 Å². The van der Waals surface area contributed by atoms with E-state index >= 15 is 0 Å². The summed E-state index contributed by atoms with van der Waals surface area (Å²) in [5.74, 6) is 1.47. The molecule has 0 radical (unpaired) electrons. The zero-order valence-corrected chi connectivity index (χ0v) is 20.9. The number of rotatable bonds is 4. The van der Waals surface area contributed by atoms with Crippen molar-refractivity contribution in [3.05, 3.63) is 0 Å². The molecule has 2 saturated carbocycles. The second-order valence-corrected chi connectivity index (χ2v) is 9.06. The van der Waals surface area contributed by atoms with Crippen molar-refractivity contribution in [1.82, 2.24) is 15.1 Å². The summed E-state index contributed by atoms with van der Waals surface area (Å²) in [6, 6.07) is 0.466. The Hall–Kier alpha value is -0.610. The highest BCUT2D eigenvalue weighted by Crippen LogP contribution is 2.54. The average molecular weight is 534 g/mol. The van der Waals surface area contributed by atoms with Crippen LogP contribution in [0.25, 0.3) is 0 Å². The molecule has 4 fully saturated rings. The normalized spacial score (nSPS) is 29.5. The molecule has 2 atom stereocenters. The first kappa shape index (κ1) is 24.0. The van der Waals surface area contributed by atoms with Crippen LogP contribution in [0.3, 0.4) is 0 Å². The van der Waals surface area contributed by atoms with E-state index in [0.29, 0.717) is 36.7 Å². The van der Waals surface area contributed by atoms with Gasteiger partial charge in [0.25, 0.3) is 0 Å². The number of ether oxygens (including phenoxy) is 2. The van der Waals surface area contributed by atoms with Crippen LogP contribution in [0, 0.1) is 11.3 Å². The van der Waals surface area contributed by atoms with Crippen LogP contribution in [-0.4, -0.2) is 86.9 Å². The van der Waals surface area contributed by atoms with Gasteiger partial charge in [-0.15, -0.1) is 24.0 Å². The minimum absolute atomic E-state index is 0. The first-order chi connectivity index (χ1) is 14.2. The highest BCUT2D eigenvalue weighted by Gasteiger charge is 2.57. The standard InChI is InChI=1S/C22H38N4O3.HI/c1-3-29-19-16-18(22(19)8-4-5-9-22)24-21(23-2)26-10-6-17(7-11-26)20(27)25-12-14-28-15-13-25;/h17-19H,3-16H2,1-2H3,(H,23,24);1H. The molecular weight excluding hydrogens is 495 g/mol. The molecule has 8 heteroatoms. The number of nitrogens with zero attached hydrogens (tertiary/aromatic N) is 3. The maximum absolute atomic E-state index is 12.8. The summed E-state index contributed by atoms with van der Waals surface area (Å²) in [7, 11) is 1.88. The van der Waals surface area contributed by atoms with Crippen LogP contribution in [0.5, 0.6) is 0 Å². The minimum atomic E-state index is 0. The molecule has 0 aromatic carbocycles. The van der Waals surface area contributed by atoms with Gasteiger partial charge in [0.15, 0.2) is 5.96 Å². The van der Waals surface area contributed by atoms with Crippen molar-refractivity contribution in [2.45, 2.75) is 64.0 Å². The molecule has 0 aromatic rings. The van der Waals surface area contributed by atoms with Gasteiger partial charge in [-0.25, -0.2) is 0 Å². The topological polar surface area (TPSA) is 66.4 Å². The molecule has 7 nitrogen and oxygen atoms in total. The third kappa shape index (κ3) is 4.75. The Bertz CT molecular complexity index is 597. The lowest BCUT2D eigenvalue weighted by atomic mass is 9.60. The lowest BCUT2D eigenvalue weighted by molar-refractivity contribution is -0.141. The Balaban J connectivity index is 0.00000256. The number of guanidine groups is 1. The van der Waals surface area contributed by atoms with Crippen molar-refractivity contribution in [2.75, 3.05) is 53.0 Å². The van der Waals surface area contributed by atoms with E-state index in [1.807, 2.05) is 11.9 Å². The predicted molar refractivity (Wildman–Crippen MR) is 128 cm³/mol. The van der Waals surface area contributed by atoms with Gasteiger partial charge in [-0.2, -0.15) is 0 Å². The molecule has 172 valence electrons. The number of halogens is 1. The molecule has 1 spiro atoms. The Labute approximate surface area is 198 Å². The molecule has 4 rings (SSSR count). The van der Waals surface area contributed by atoms with Gasteiger partial charge in [0.05, 0.1) is 19.3 Å². The smallest absolute Gasteiger partial charge is 0.225 e. The molecule has 2 unspecified atom stereocenters. The van der Waals surface area contributed by atoms with Crippen LogP contribution < -0.4 is 5.32 Å². The summed E-state index contributed by atoms with van der Waals surface area (Å²) in [6.45, 7) is 7.54. The van der Waals surface area contributed by atoms with Crippen molar-refractivity contribution >= 4 is 35.8 Å². The fourth-order valence-electron chi connectivity index (χ4n) is 5.92. The molecule has 0 aromatic heterocycles. The highest BCUT2D eigenvalue weighted by atomic mass is 127. The van der Waals surface area contributed by atoms with Crippen molar-refractivity contribution < 1.29 is 14.3 Å². The lowest BCUT2D eigenvalue weighted by Gasteiger charge is -2.55. The molecule has 2 aliphatic carbocycles. The van der Waals surface area contributed by atoms with Gasteiger partial charge >= 0.3 is 0 Å². The van der Waals surface area contributed by atoms with Crippen molar-refractivity contribution in [1.29, 1.82) is 0 Å². The number of hydrogen-bond donors (Lipinski definition) is 1. The van der Waals surface area contributed by atoms with E-state index in [9.17, 15) is 4.79 Å². The average Bonchev–Trinajstić information content (AvgIpc) is 3.29. The maximum Gasteiger partial charge on any atom is 0.225 e. The van der Waals surface area contributed by atoms with E-state index in [2.05, 4.69) is 22.1 Å². The van der Waals surface area contributed by atoms with Crippen molar-refractivity contribution in [3.8, 4) is 0 Å². The largest absolute Gasteiger partial charge is 0.378 e. The third-order valence-electron chi connectivity index (χ3n) is 7.67. The van der Waals surface area contributed by atoms with Gasteiger partial charge in [-0.3, -0.25) is 9.79 Å².